The van der Waals surface area contributed by atoms with Crippen molar-refractivity contribution < 1.29 is 9.32 Å². The predicted octanol–water partition coefficient (Wildman–Crippen LogP) is 3.01. The Balaban J connectivity index is 1.59. The summed E-state index contributed by atoms with van der Waals surface area (Å²) in [6.07, 6.45) is 3.07. The van der Waals surface area contributed by atoms with Gasteiger partial charge in [-0.2, -0.15) is 5.10 Å². The number of hydrogen-bond donors (Lipinski definition) is 1. The molecule has 1 saturated heterocycles. The molecule has 1 atom stereocenters. The van der Waals surface area contributed by atoms with E-state index in [1.54, 1.807) is 0 Å². The number of hydrogen-bond acceptors (Lipinski definition) is 4. The van der Waals surface area contributed by atoms with Crippen LogP contribution in [0.1, 0.15) is 47.8 Å². The summed E-state index contributed by atoms with van der Waals surface area (Å²) in [7, 11) is 0. The minimum atomic E-state index is 0.152. The highest BCUT2D eigenvalue weighted by molar-refractivity contribution is 6.29. The Morgan fingerprint density at radius 2 is 2.35 bits per heavy atom. The van der Waals surface area contributed by atoms with Crippen LogP contribution in [0.25, 0.3) is 0 Å². The van der Waals surface area contributed by atoms with Crippen molar-refractivity contribution in [1.82, 2.24) is 20.3 Å². The number of aromatic nitrogens is 3. The first-order chi connectivity index (χ1) is 11.0. The van der Waals surface area contributed by atoms with E-state index in [1.807, 2.05) is 18.7 Å². The highest BCUT2D eigenvalue weighted by Gasteiger charge is 2.26. The summed E-state index contributed by atoms with van der Waals surface area (Å²) in [4.78, 5) is 14.4. The SMILES string of the molecule is Cc1cc(C2CCCN(C(=O)CCc3c(C)noc3Cl)C2)n[nH]1. The molecule has 1 fully saturated rings. The van der Waals surface area contributed by atoms with Crippen molar-refractivity contribution in [3.05, 3.63) is 33.9 Å². The molecular formula is C16H21ClN4O2. The average Bonchev–Trinajstić information content (AvgIpc) is 3.12. The van der Waals surface area contributed by atoms with Gasteiger partial charge in [0.15, 0.2) is 0 Å². The lowest BCUT2D eigenvalue weighted by molar-refractivity contribution is -0.132. The van der Waals surface area contributed by atoms with E-state index in [9.17, 15) is 4.79 Å². The van der Waals surface area contributed by atoms with Crippen LogP contribution in [0.15, 0.2) is 10.6 Å². The lowest BCUT2D eigenvalue weighted by Crippen LogP contribution is -2.39. The number of nitrogens with zero attached hydrogens (tertiary/aromatic N) is 3. The molecule has 0 radical (unpaired) electrons. The van der Waals surface area contributed by atoms with Crippen LogP contribution in [0.3, 0.4) is 0 Å². The highest BCUT2D eigenvalue weighted by Crippen LogP contribution is 2.27. The Morgan fingerprint density at radius 3 is 3.00 bits per heavy atom. The molecule has 0 aromatic carbocycles. The van der Waals surface area contributed by atoms with E-state index in [4.69, 9.17) is 16.1 Å². The van der Waals surface area contributed by atoms with Crippen LogP contribution in [0.2, 0.25) is 5.22 Å². The third-order valence-electron chi connectivity index (χ3n) is 4.44. The van der Waals surface area contributed by atoms with Crippen LogP contribution in [-0.2, 0) is 11.2 Å². The summed E-state index contributed by atoms with van der Waals surface area (Å²) in [6, 6.07) is 2.07. The standard InChI is InChI=1S/C16H21ClN4O2/c1-10-8-14(19-18-10)12-4-3-7-21(9-12)15(22)6-5-13-11(2)20-23-16(13)17/h8,12H,3-7,9H2,1-2H3,(H,18,19). The van der Waals surface area contributed by atoms with Crippen molar-refractivity contribution in [3.8, 4) is 0 Å². The van der Waals surface area contributed by atoms with E-state index in [1.165, 1.54) is 0 Å². The quantitative estimate of drug-likeness (QED) is 0.931. The largest absolute Gasteiger partial charge is 0.344 e. The van der Waals surface area contributed by atoms with Crippen LogP contribution in [0.5, 0.6) is 0 Å². The zero-order valence-electron chi connectivity index (χ0n) is 13.4. The minimum Gasteiger partial charge on any atom is -0.344 e. The average molecular weight is 337 g/mol. The Bertz CT molecular complexity index is 675. The van der Waals surface area contributed by atoms with Gasteiger partial charge in [0.2, 0.25) is 11.1 Å². The van der Waals surface area contributed by atoms with Gasteiger partial charge in [0.1, 0.15) is 0 Å². The Morgan fingerprint density at radius 1 is 1.52 bits per heavy atom. The van der Waals surface area contributed by atoms with Gasteiger partial charge < -0.3 is 9.42 Å². The van der Waals surface area contributed by atoms with Gasteiger partial charge in [0.05, 0.1) is 11.4 Å². The van der Waals surface area contributed by atoms with E-state index < -0.39 is 0 Å². The number of piperidine rings is 1. The minimum absolute atomic E-state index is 0.152. The molecule has 3 rings (SSSR count). The maximum absolute atomic E-state index is 12.5. The molecule has 1 amide bonds. The Hall–Kier alpha value is -1.82. The summed E-state index contributed by atoms with van der Waals surface area (Å²) in [5.74, 6) is 0.470. The second kappa shape index (κ2) is 6.74. The maximum atomic E-state index is 12.5. The number of H-pyrrole nitrogens is 1. The third-order valence-corrected chi connectivity index (χ3v) is 4.74. The lowest BCUT2D eigenvalue weighted by Gasteiger charge is -2.32. The molecule has 0 bridgehead atoms. The van der Waals surface area contributed by atoms with Crippen molar-refractivity contribution in [3.63, 3.8) is 0 Å². The third kappa shape index (κ3) is 3.58. The first-order valence-electron chi connectivity index (χ1n) is 7.95. The number of carbonyl (C=O) groups excluding carboxylic acids is 1. The number of aromatic amines is 1. The van der Waals surface area contributed by atoms with Crippen LogP contribution < -0.4 is 0 Å². The number of nitrogens with one attached hydrogen (secondary N) is 1. The summed E-state index contributed by atoms with van der Waals surface area (Å²) in [5, 5.41) is 11.4. The fraction of sp³-hybridized carbons (Fsp3) is 0.562. The summed E-state index contributed by atoms with van der Waals surface area (Å²) in [5.41, 5.74) is 3.70. The monoisotopic (exact) mass is 336 g/mol. The molecular weight excluding hydrogens is 316 g/mol. The Kier molecular flexibility index (Phi) is 4.71. The molecule has 1 N–H and O–H groups in total. The van der Waals surface area contributed by atoms with Crippen LogP contribution in [0, 0.1) is 13.8 Å². The fourth-order valence-electron chi connectivity index (χ4n) is 3.12. The van der Waals surface area contributed by atoms with E-state index in [0.717, 1.165) is 48.6 Å². The van der Waals surface area contributed by atoms with E-state index in [-0.39, 0.29) is 5.91 Å². The normalized spacial score (nSPS) is 18.4. The molecule has 124 valence electrons. The molecule has 6 nitrogen and oxygen atoms in total. The number of likely N-dealkylation sites (tertiary alicyclic amines) is 1. The van der Waals surface area contributed by atoms with Gasteiger partial charge in [-0.25, -0.2) is 0 Å². The molecule has 0 saturated carbocycles. The number of amides is 1. The zero-order valence-corrected chi connectivity index (χ0v) is 14.2. The van der Waals surface area contributed by atoms with Crippen molar-refractivity contribution in [2.45, 2.75) is 45.4 Å². The van der Waals surface area contributed by atoms with Crippen molar-refractivity contribution in [2.75, 3.05) is 13.1 Å². The smallest absolute Gasteiger partial charge is 0.229 e. The van der Waals surface area contributed by atoms with Gasteiger partial charge >= 0.3 is 0 Å². The van der Waals surface area contributed by atoms with Crippen molar-refractivity contribution >= 4 is 17.5 Å². The number of halogens is 1. The summed E-state index contributed by atoms with van der Waals surface area (Å²) < 4.78 is 4.93. The van der Waals surface area contributed by atoms with E-state index >= 15 is 0 Å². The molecule has 0 aliphatic carbocycles. The Labute approximate surface area is 140 Å². The van der Waals surface area contributed by atoms with Gasteiger partial charge in [-0.3, -0.25) is 9.89 Å². The molecule has 23 heavy (non-hydrogen) atoms. The van der Waals surface area contributed by atoms with Crippen LogP contribution in [0.4, 0.5) is 0 Å². The number of rotatable bonds is 4. The van der Waals surface area contributed by atoms with Gasteiger partial charge in [-0.15, -0.1) is 0 Å². The molecule has 3 heterocycles. The van der Waals surface area contributed by atoms with Crippen molar-refractivity contribution in [2.24, 2.45) is 0 Å². The topological polar surface area (TPSA) is 75.0 Å². The van der Waals surface area contributed by atoms with Crippen LogP contribution in [-0.4, -0.2) is 39.3 Å². The van der Waals surface area contributed by atoms with Crippen molar-refractivity contribution in [1.29, 1.82) is 0 Å². The van der Waals surface area contributed by atoms with Gasteiger partial charge in [0, 0.05) is 36.7 Å². The van der Waals surface area contributed by atoms with E-state index in [2.05, 4.69) is 21.4 Å². The lowest BCUT2D eigenvalue weighted by atomic mass is 9.94. The number of carbonyl (C=O) groups is 1. The summed E-state index contributed by atoms with van der Waals surface area (Å²) in [6.45, 7) is 5.38. The highest BCUT2D eigenvalue weighted by atomic mass is 35.5. The van der Waals surface area contributed by atoms with Gasteiger partial charge in [0.25, 0.3) is 0 Å². The van der Waals surface area contributed by atoms with E-state index in [0.29, 0.717) is 24.0 Å². The molecule has 0 spiro atoms. The predicted molar refractivity (Wildman–Crippen MR) is 86.5 cm³/mol. The molecule has 2 aromatic heterocycles. The molecule has 7 heteroatoms. The van der Waals surface area contributed by atoms with Gasteiger partial charge in [-0.05, 0) is 50.8 Å². The maximum Gasteiger partial charge on any atom is 0.229 e. The number of aryl methyl sites for hydroxylation is 2. The van der Waals surface area contributed by atoms with Gasteiger partial charge in [-0.1, -0.05) is 5.16 Å². The fourth-order valence-corrected chi connectivity index (χ4v) is 3.39. The first-order valence-corrected chi connectivity index (χ1v) is 8.32. The molecule has 1 unspecified atom stereocenters. The van der Waals surface area contributed by atoms with Crippen LogP contribution >= 0.6 is 11.6 Å². The molecule has 1 aliphatic rings. The molecule has 2 aromatic rings. The zero-order chi connectivity index (χ0) is 16.4. The second-order valence-corrected chi connectivity index (χ2v) is 6.52. The second-order valence-electron chi connectivity index (χ2n) is 6.17. The summed E-state index contributed by atoms with van der Waals surface area (Å²) >= 11 is 5.95. The molecule has 1 aliphatic heterocycles. The first kappa shape index (κ1) is 16.1.